The number of ether oxygens (including phenoxy) is 1. The SMILES string of the molecule is C[N+]1(C)CCN=C1COc1ccc(Cc2ccccc2)cc1. The van der Waals surface area contributed by atoms with E-state index < -0.39 is 0 Å². The van der Waals surface area contributed by atoms with Crippen LogP contribution in [0.2, 0.25) is 0 Å². The predicted octanol–water partition coefficient (Wildman–Crippen LogP) is 3.14. The van der Waals surface area contributed by atoms with E-state index in [4.69, 9.17) is 4.74 Å². The molecule has 0 unspecified atom stereocenters. The van der Waals surface area contributed by atoms with Gasteiger partial charge in [-0.15, -0.1) is 0 Å². The lowest BCUT2D eigenvalue weighted by molar-refractivity contribution is -0.793. The van der Waals surface area contributed by atoms with Gasteiger partial charge in [0.1, 0.15) is 12.3 Å². The number of hydrogen-bond donors (Lipinski definition) is 0. The first kappa shape index (κ1) is 14.8. The molecule has 22 heavy (non-hydrogen) atoms. The summed E-state index contributed by atoms with van der Waals surface area (Å²) in [6, 6.07) is 18.9. The van der Waals surface area contributed by atoms with Gasteiger partial charge in [-0.1, -0.05) is 42.5 Å². The van der Waals surface area contributed by atoms with Gasteiger partial charge in [0.05, 0.1) is 20.6 Å². The first-order valence-corrected chi connectivity index (χ1v) is 7.76. The highest BCUT2D eigenvalue weighted by molar-refractivity contribution is 5.78. The number of aliphatic imine (C=N–C) groups is 1. The van der Waals surface area contributed by atoms with Crippen LogP contribution < -0.4 is 4.74 Å². The molecule has 0 atom stereocenters. The molecule has 3 heteroatoms. The number of nitrogens with zero attached hydrogens (tertiary/aromatic N) is 2. The Morgan fingerprint density at radius 1 is 0.955 bits per heavy atom. The van der Waals surface area contributed by atoms with Gasteiger partial charge in [0, 0.05) is 0 Å². The molecule has 0 N–H and O–H groups in total. The van der Waals surface area contributed by atoms with E-state index in [0.29, 0.717) is 6.61 Å². The van der Waals surface area contributed by atoms with E-state index in [1.165, 1.54) is 11.1 Å². The van der Waals surface area contributed by atoms with Gasteiger partial charge in [-0.25, -0.2) is 4.99 Å². The molecule has 0 spiro atoms. The average Bonchev–Trinajstić information content (AvgIpc) is 2.86. The highest BCUT2D eigenvalue weighted by atomic mass is 16.5. The molecule has 2 aromatic rings. The van der Waals surface area contributed by atoms with Crippen LogP contribution in [0.5, 0.6) is 5.75 Å². The minimum absolute atomic E-state index is 0.574. The Morgan fingerprint density at radius 3 is 2.27 bits per heavy atom. The summed E-state index contributed by atoms with van der Waals surface area (Å²) in [5.74, 6) is 2.03. The summed E-state index contributed by atoms with van der Waals surface area (Å²) in [6.45, 7) is 2.54. The third kappa shape index (κ3) is 3.55. The summed E-state index contributed by atoms with van der Waals surface area (Å²) in [7, 11) is 4.36. The van der Waals surface area contributed by atoms with Crippen molar-refractivity contribution in [2.24, 2.45) is 4.99 Å². The summed E-state index contributed by atoms with van der Waals surface area (Å²) in [5.41, 5.74) is 2.63. The van der Waals surface area contributed by atoms with Crippen LogP contribution in [0.3, 0.4) is 0 Å². The maximum atomic E-state index is 5.88. The van der Waals surface area contributed by atoms with E-state index >= 15 is 0 Å². The van der Waals surface area contributed by atoms with Gasteiger partial charge in [0.15, 0.2) is 6.61 Å². The van der Waals surface area contributed by atoms with Gasteiger partial charge in [0.25, 0.3) is 0 Å². The lowest BCUT2D eigenvalue weighted by Crippen LogP contribution is -2.45. The molecular formula is C19H23N2O+. The van der Waals surface area contributed by atoms with Gasteiger partial charge in [-0.3, -0.25) is 4.48 Å². The van der Waals surface area contributed by atoms with Crippen molar-refractivity contribution in [3.05, 3.63) is 65.7 Å². The fourth-order valence-corrected chi connectivity index (χ4v) is 2.65. The molecule has 0 saturated carbocycles. The molecular weight excluding hydrogens is 272 g/mol. The van der Waals surface area contributed by atoms with Gasteiger partial charge in [-0.05, 0) is 29.7 Å². The van der Waals surface area contributed by atoms with E-state index in [-0.39, 0.29) is 0 Å². The van der Waals surface area contributed by atoms with E-state index in [1.807, 2.05) is 18.2 Å². The molecule has 0 saturated heterocycles. The first-order valence-electron chi connectivity index (χ1n) is 7.76. The van der Waals surface area contributed by atoms with E-state index in [2.05, 4.69) is 55.5 Å². The number of rotatable bonds is 5. The minimum Gasteiger partial charge on any atom is -0.481 e. The Labute approximate surface area is 132 Å². The first-order chi connectivity index (χ1) is 10.6. The van der Waals surface area contributed by atoms with Crippen molar-refractivity contribution in [1.82, 2.24) is 0 Å². The molecule has 2 aromatic carbocycles. The quantitative estimate of drug-likeness (QED) is 0.777. The molecule has 0 amide bonds. The molecule has 1 heterocycles. The second-order valence-electron chi connectivity index (χ2n) is 6.30. The highest BCUT2D eigenvalue weighted by Gasteiger charge is 2.29. The topological polar surface area (TPSA) is 21.6 Å². The zero-order valence-corrected chi connectivity index (χ0v) is 13.3. The molecule has 1 aliphatic rings. The van der Waals surface area contributed by atoms with Gasteiger partial charge in [0.2, 0.25) is 5.84 Å². The monoisotopic (exact) mass is 295 g/mol. The zero-order chi connectivity index (χ0) is 15.4. The lowest BCUT2D eigenvalue weighted by Gasteiger charge is -2.24. The summed E-state index contributed by atoms with van der Waals surface area (Å²) >= 11 is 0. The summed E-state index contributed by atoms with van der Waals surface area (Å²) in [6.07, 6.45) is 0.956. The fraction of sp³-hybridized carbons (Fsp3) is 0.316. The van der Waals surface area contributed by atoms with Crippen LogP contribution in [0.1, 0.15) is 11.1 Å². The van der Waals surface area contributed by atoms with E-state index in [9.17, 15) is 0 Å². The largest absolute Gasteiger partial charge is 0.481 e. The Bertz CT molecular complexity index is 645. The molecule has 3 nitrogen and oxygen atoms in total. The fourth-order valence-electron chi connectivity index (χ4n) is 2.65. The number of likely N-dealkylation sites (N-methyl/N-ethyl adjacent to an activating group) is 1. The smallest absolute Gasteiger partial charge is 0.236 e. The van der Waals surface area contributed by atoms with Crippen molar-refractivity contribution in [1.29, 1.82) is 0 Å². The summed E-state index contributed by atoms with van der Waals surface area (Å²) < 4.78 is 6.72. The normalized spacial score (nSPS) is 16.4. The number of benzene rings is 2. The van der Waals surface area contributed by atoms with Crippen LogP contribution in [0.25, 0.3) is 0 Å². The van der Waals surface area contributed by atoms with Crippen LogP contribution in [0.4, 0.5) is 0 Å². The van der Waals surface area contributed by atoms with E-state index in [1.54, 1.807) is 0 Å². The maximum Gasteiger partial charge on any atom is 0.236 e. The molecule has 0 fully saturated rings. The molecule has 114 valence electrons. The van der Waals surface area contributed by atoms with Crippen molar-refractivity contribution in [3.8, 4) is 5.75 Å². The van der Waals surface area contributed by atoms with Crippen molar-refractivity contribution in [2.75, 3.05) is 33.8 Å². The molecule has 0 aromatic heterocycles. The molecule has 1 aliphatic heterocycles. The molecule has 0 aliphatic carbocycles. The lowest BCUT2D eigenvalue weighted by atomic mass is 10.1. The van der Waals surface area contributed by atoms with Crippen LogP contribution in [-0.4, -0.2) is 44.1 Å². The molecule has 0 radical (unpaired) electrons. The van der Waals surface area contributed by atoms with Crippen LogP contribution in [-0.2, 0) is 6.42 Å². The maximum absolute atomic E-state index is 5.88. The van der Waals surface area contributed by atoms with Crippen LogP contribution >= 0.6 is 0 Å². The van der Waals surface area contributed by atoms with Gasteiger partial charge < -0.3 is 4.74 Å². The highest BCUT2D eigenvalue weighted by Crippen LogP contribution is 2.16. The zero-order valence-electron chi connectivity index (χ0n) is 13.3. The van der Waals surface area contributed by atoms with Crippen LogP contribution in [0.15, 0.2) is 59.6 Å². The van der Waals surface area contributed by atoms with Crippen molar-refractivity contribution < 1.29 is 9.22 Å². The Balaban J connectivity index is 1.58. The Morgan fingerprint density at radius 2 is 1.64 bits per heavy atom. The van der Waals surface area contributed by atoms with Gasteiger partial charge >= 0.3 is 0 Å². The van der Waals surface area contributed by atoms with Crippen molar-refractivity contribution >= 4 is 5.84 Å². The average molecular weight is 295 g/mol. The predicted molar refractivity (Wildman–Crippen MR) is 90.5 cm³/mol. The second-order valence-corrected chi connectivity index (χ2v) is 6.30. The summed E-state index contributed by atoms with van der Waals surface area (Å²) in [5, 5.41) is 0. The standard InChI is InChI=1S/C19H23N2O/c1-21(2)13-12-20-19(21)15-22-18-10-8-17(9-11-18)14-16-6-4-3-5-7-16/h3-11H,12-15H2,1-2H3/q+1. The van der Waals surface area contributed by atoms with Crippen molar-refractivity contribution in [2.45, 2.75) is 6.42 Å². The third-order valence-corrected chi connectivity index (χ3v) is 4.19. The Hall–Kier alpha value is -2.13. The van der Waals surface area contributed by atoms with Crippen LogP contribution in [0, 0.1) is 0 Å². The number of amidine groups is 1. The number of quaternary nitrogens is 1. The molecule has 3 rings (SSSR count). The van der Waals surface area contributed by atoms with Crippen molar-refractivity contribution in [3.63, 3.8) is 0 Å². The molecule has 0 bridgehead atoms. The second kappa shape index (κ2) is 6.32. The van der Waals surface area contributed by atoms with E-state index in [0.717, 1.165) is 35.6 Å². The van der Waals surface area contributed by atoms with Gasteiger partial charge in [-0.2, -0.15) is 0 Å². The number of hydrogen-bond acceptors (Lipinski definition) is 2. The minimum atomic E-state index is 0.574. The summed E-state index contributed by atoms with van der Waals surface area (Å²) in [4.78, 5) is 4.54. The third-order valence-electron chi connectivity index (χ3n) is 4.19. The Kier molecular flexibility index (Phi) is 4.25.